The lowest BCUT2D eigenvalue weighted by molar-refractivity contribution is 0.578. The van der Waals surface area contributed by atoms with Gasteiger partial charge in [-0.2, -0.15) is 0 Å². The van der Waals surface area contributed by atoms with Crippen molar-refractivity contribution in [3.8, 4) is 0 Å². The Hall–Kier alpha value is -0.830. The fraction of sp³-hybridized carbons (Fsp3) is 0.625. The molecule has 1 aromatic rings. The van der Waals surface area contributed by atoms with Crippen molar-refractivity contribution >= 4 is 9.84 Å². The normalized spacial score (nSPS) is 11.7. The van der Waals surface area contributed by atoms with E-state index >= 15 is 0 Å². The molecule has 0 spiro atoms. The number of unbranched alkanes of at least 4 members (excludes halogenated alkanes) is 6. The van der Waals surface area contributed by atoms with E-state index in [0.29, 0.717) is 4.90 Å². The third-order valence-corrected chi connectivity index (χ3v) is 5.40. The highest BCUT2D eigenvalue weighted by Gasteiger charge is 2.15. The van der Waals surface area contributed by atoms with Crippen molar-refractivity contribution in [3.63, 3.8) is 0 Å². The molecule has 19 heavy (non-hydrogen) atoms. The Morgan fingerprint density at radius 2 is 1.47 bits per heavy atom. The van der Waals surface area contributed by atoms with Crippen molar-refractivity contribution in [2.24, 2.45) is 0 Å². The number of aryl methyl sites for hydroxylation is 1. The standard InChI is InChI=1S/C16H26O2S/c1-3-4-5-6-7-8-11-14-19(17,18)16-13-10-9-12-15(16)2/h9-10,12-13H,3-8,11,14H2,1-2H3. The quantitative estimate of drug-likeness (QED) is 0.624. The van der Waals surface area contributed by atoms with Crippen molar-refractivity contribution in [1.82, 2.24) is 0 Å². The molecule has 0 atom stereocenters. The van der Waals surface area contributed by atoms with Gasteiger partial charge in [-0.3, -0.25) is 0 Å². The van der Waals surface area contributed by atoms with Crippen LogP contribution in [0.3, 0.4) is 0 Å². The van der Waals surface area contributed by atoms with Gasteiger partial charge in [0.1, 0.15) is 0 Å². The van der Waals surface area contributed by atoms with Gasteiger partial charge in [-0.05, 0) is 25.0 Å². The molecule has 0 unspecified atom stereocenters. The van der Waals surface area contributed by atoms with Crippen LogP contribution in [0.15, 0.2) is 29.2 Å². The van der Waals surface area contributed by atoms with E-state index < -0.39 is 9.84 Å². The zero-order chi connectivity index (χ0) is 14.1. The highest BCUT2D eigenvalue weighted by Crippen LogP contribution is 2.17. The Morgan fingerprint density at radius 1 is 0.895 bits per heavy atom. The molecule has 3 heteroatoms. The molecule has 108 valence electrons. The first-order chi connectivity index (χ1) is 9.08. The minimum atomic E-state index is -3.09. The van der Waals surface area contributed by atoms with Gasteiger partial charge in [-0.1, -0.05) is 63.6 Å². The second kappa shape index (κ2) is 8.36. The minimum Gasteiger partial charge on any atom is -0.224 e. The van der Waals surface area contributed by atoms with E-state index in [1.165, 1.54) is 25.7 Å². The Labute approximate surface area is 118 Å². The Kier molecular flexibility index (Phi) is 7.14. The first-order valence-corrected chi connectivity index (χ1v) is 9.01. The topological polar surface area (TPSA) is 34.1 Å². The number of sulfone groups is 1. The summed E-state index contributed by atoms with van der Waals surface area (Å²) in [5, 5.41) is 0. The summed E-state index contributed by atoms with van der Waals surface area (Å²) in [5.74, 6) is 0.283. The summed E-state index contributed by atoms with van der Waals surface area (Å²) in [6.07, 6.45) is 8.02. The molecule has 0 fully saturated rings. The van der Waals surface area contributed by atoms with E-state index in [0.717, 1.165) is 24.8 Å². The smallest absolute Gasteiger partial charge is 0.178 e. The molecule has 0 radical (unpaired) electrons. The summed E-state index contributed by atoms with van der Waals surface area (Å²) < 4.78 is 24.4. The summed E-state index contributed by atoms with van der Waals surface area (Å²) in [4.78, 5) is 0.501. The minimum absolute atomic E-state index is 0.283. The van der Waals surface area contributed by atoms with Crippen LogP contribution < -0.4 is 0 Å². The summed E-state index contributed by atoms with van der Waals surface area (Å²) in [5.41, 5.74) is 0.852. The van der Waals surface area contributed by atoms with Gasteiger partial charge in [0.25, 0.3) is 0 Å². The molecule has 1 aromatic carbocycles. The molecular formula is C16H26O2S. The van der Waals surface area contributed by atoms with Crippen molar-refractivity contribution < 1.29 is 8.42 Å². The number of hydrogen-bond acceptors (Lipinski definition) is 2. The lowest BCUT2D eigenvalue weighted by atomic mass is 10.1. The summed E-state index contributed by atoms with van der Waals surface area (Å²) in [7, 11) is -3.09. The molecule has 0 aliphatic rings. The predicted octanol–water partition coefficient (Wildman–Crippen LogP) is 4.52. The van der Waals surface area contributed by atoms with Crippen LogP contribution in [-0.2, 0) is 9.84 Å². The molecule has 0 saturated carbocycles. The maximum atomic E-state index is 12.2. The zero-order valence-electron chi connectivity index (χ0n) is 12.2. The largest absolute Gasteiger partial charge is 0.224 e. The second-order valence-corrected chi connectivity index (χ2v) is 7.28. The molecule has 0 amide bonds. The molecule has 1 rings (SSSR count). The Balaban J connectivity index is 2.34. The maximum Gasteiger partial charge on any atom is 0.178 e. The predicted molar refractivity (Wildman–Crippen MR) is 81.2 cm³/mol. The fourth-order valence-electron chi connectivity index (χ4n) is 2.26. The van der Waals surface area contributed by atoms with E-state index in [1.54, 1.807) is 12.1 Å². The first-order valence-electron chi connectivity index (χ1n) is 7.36. The molecule has 0 aliphatic carbocycles. The molecule has 0 aromatic heterocycles. The van der Waals surface area contributed by atoms with Crippen LogP contribution in [0.25, 0.3) is 0 Å². The zero-order valence-corrected chi connectivity index (χ0v) is 13.0. The van der Waals surface area contributed by atoms with Crippen LogP contribution in [0.4, 0.5) is 0 Å². The number of rotatable bonds is 9. The monoisotopic (exact) mass is 282 g/mol. The van der Waals surface area contributed by atoms with Gasteiger partial charge in [-0.15, -0.1) is 0 Å². The van der Waals surface area contributed by atoms with Crippen LogP contribution in [0.1, 0.15) is 57.4 Å². The third kappa shape index (κ3) is 5.77. The fourth-order valence-corrected chi connectivity index (χ4v) is 3.91. The average molecular weight is 282 g/mol. The molecule has 0 saturated heterocycles. The van der Waals surface area contributed by atoms with E-state index in [-0.39, 0.29) is 5.75 Å². The van der Waals surface area contributed by atoms with Gasteiger partial charge in [-0.25, -0.2) is 8.42 Å². The van der Waals surface area contributed by atoms with Gasteiger partial charge >= 0.3 is 0 Å². The Morgan fingerprint density at radius 3 is 2.11 bits per heavy atom. The average Bonchev–Trinajstić information content (AvgIpc) is 2.38. The molecule has 2 nitrogen and oxygen atoms in total. The van der Waals surface area contributed by atoms with Crippen LogP contribution in [0.2, 0.25) is 0 Å². The molecule has 0 bridgehead atoms. The number of benzene rings is 1. The second-order valence-electron chi connectivity index (χ2n) is 5.21. The lowest BCUT2D eigenvalue weighted by Crippen LogP contribution is -2.08. The van der Waals surface area contributed by atoms with E-state index in [4.69, 9.17) is 0 Å². The molecule has 0 heterocycles. The van der Waals surface area contributed by atoms with Gasteiger partial charge in [0.05, 0.1) is 10.6 Å². The van der Waals surface area contributed by atoms with E-state index in [1.807, 2.05) is 19.1 Å². The van der Waals surface area contributed by atoms with Gasteiger partial charge < -0.3 is 0 Å². The van der Waals surface area contributed by atoms with Crippen molar-refractivity contribution in [1.29, 1.82) is 0 Å². The molecular weight excluding hydrogens is 256 g/mol. The molecule has 0 aliphatic heterocycles. The van der Waals surface area contributed by atoms with Crippen LogP contribution in [-0.4, -0.2) is 14.2 Å². The summed E-state index contributed by atoms with van der Waals surface area (Å²) in [6.45, 7) is 4.06. The van der Waals surface area contributed by atoms with E-state index in [2.05, 4.69) is 6.92 Å². The van der Waals surface area contributed by atoms with Crippen LogP contribution in [0, 0.1) is 6.92 Å². The van der Waals surface area contributed by atoms with E-state index in [9.17, 15) is 8.42 Å². The SMILES string of the molecule is CCCCCCCCCS(=O)(=O)c1ccccc1C. The highest BCUT2D eigenvalue weighted by molar-refractivity contribution is 7.91. The van der Waals surface area contributed by atoms with Crippen molar-refractivity contribution in [2.45, 2.75) is 63.7 Å². The molecule has 0 N–H and O–H groups in total. The summed E-state index contributed by atoms with van der Waals surface area (Å²) >= 11 is 0. The number of hydrogen-bond donors (Lipinski definition) is 0. The first kappa shape index (κ1) is 16.2. The van der Waals surface area contributed by atoms with Gasteiger partial charge in [0, 0.05) is 0 Å². The van der Waals surface area contributed by atoms with Crippen LogP contribution >= 0.6 is 0 Å². The van der Waals surface area contributed by atoms with Gasteiger partial charge in [0.15, 0.2) is 9.84 Å². The summed E-state index contributed by atoms with van der Waals surface area (Å²) in [6, 6.07) is 7.25. The highest BCUT2D eigenvalue weighted by atomic mass is 32.2. The lowest BCUT2D eigenvalue weighted by Gasteiger charge is -2.07. The maximum absolute atomic E-state index is 12.2. The van der Waals surface area contributed by atoms with Gasteiger partial charge in [0.2, 0.25) is 0 Å². The van der Waals surface area contributed by atoms with Crippen LogP contribution in [0.5, 0.6) is 0 Å². The van der Waals surface area contributed by atoms with Crippen molar-refractivity contribution in [3.05, 3.63) is 29.8 Å². The van der Waals surface area contributed by atoms with Crippen molar-refractivity contribution in [2.75, 3.05) is 5.75 Å². The Bertz CT molecular complexity index is 463. The third-order valence-electron chi connectivity index (χ3n) is 3.45.